The van der Waals surface area contributed by atoms with Crippen LogP contribution in [0.4, 0.5) is 5.69 Å². The average molecular weight is 320 g/mol. The third kappa shape index (κ3) is 4.06. The van der Waals surface area contributed by atoms with Crippen LogP contribution in [0.25, 0.3) is 0 Å². The SMILES string of the molecule is COc1ccccc1NC(=O)C(=O)NCC(O)c1cccs1. The quantitative estimate of drug-likeness (QED) is 0.729. The van der Waals surface area contributed by atoms with Crippen molar-refractivity contribution < 1.29 is 19.4 Å². The molecule has 2 amide bonds. The zero-order valence-electron chi connectivity index (χ0n) is 11.9. The normalized spacial score (nSPS) is 11.5. The van der Waals surface area contributed by atoms with Gasteiger partial charge < -0.3 is 20.5 Å². The van der Waals surface area contributed by atoms with Crippen LogP contribution < -0.4 is 15.4 Å². The predicted octanol–water partition coefficient (Wildman–Crippen LogP) is 1.54. The number of anilines is 1. The van der Waals surface area contributed by atoms with Crippen molar-refractivity contribution in [2.24, 2.45) is 0 Å². The van der Waals surface area contributed by atoms with Crippen LogP contribution >= 0.6 is 11.3 Å². The second-order valence-corrected chi connectivity index (χ2v) is 5.37. The number of carbonyl (C=O) groups is 2. The van der Waals surface area contributed by atoms with E-state index in [1.54, 1.807) is 36.4 Å². The van der Waals surface area contributed by atoms with Gasteiger partial charge in [-0.2, -0.15) is 0 Å². The topological polar surface area (TPSA) is 87.7 Å². The lowest BCUT2D eigenvalue weighted by molar-refractivity contribution is -0.136. The van der Waals surface area contributed by atoms with Gasteiger partial charge in [0.2, 0.25) is 0 Å². The van der Waals surface area contributed by atoms with Gasteiger partial charge in [-0.05, 0) is 23.6 Å². The fourth-order valence-electron chi connectivity index (χ4n) is 1.78. The van der Waals surface area contributed by atoms with Crippen molar-refractivity contribution in [1.29, 1.82) is 0 Å². The highest BCUT2D eigenvalue weighted by molar-refractivity contribution is 7.10. The minimum absolute atomic E-state index is 0.0291. The first-order valence-corrected chi connectivity index (χ1v) is 7.43. The van der Waals surface area contributed by atoms with E-state index in [-0.39, 0.29) is 6.54 Å². The lowest BCUT2D eigenvalue weighted by atomic mass is 10.3. The molecule has 0 aliphatic heterocycles. The monoisotopic (exact) mass is 320 g/mol. The number of rotatable bonds is 5. The zero-order valence-corrected chi connectivity index (χ0v) is 12.7. The zero-order chi connectivity index (χ0) is 15.9. The Morgan fingerprint density at radius 1 is 1.23 bits per heavy atom. The fourth-order valence-corrected chi connectivity index (χ4v) is 2.49. The molecule has 2 aromatic rings. The fraction of sp³-hybridized carbons (Fsp3) is 0.200. The highest BCUT2D eigenvalue weighted by Gasteiger charge is 2.17. The summed E-state index contributed by atoms with van der Waals surface area (Å²) < 4.78 is 5.09. The van der Waals surface area contributed by atoms with Gasteiger partial charge >= 0.3 is 11.8 Å². The summed E-state index contributed by atoms with van der Waals surface area (Å²) in [7, 11) is 1.47. The summed E-state index contributed by atoms with van der Waals surface area (Å²) in [6.07, 6.45) is -0.831. The van der Waals surface area contributed by atoms with Gasteiger partial charge in [0.25, 0.3) is 0 Å². The van der Waals surface area contributed by atoms with Gasteiger partial charge in [0.15, 0.2) is 0 Å². The third-order valence-corrected chi connectivity index (χ3v) is 3.86. The Labute approximate surface area is 131 Å². The third-order valence-electron chi connectivity index (χ3n) is 2.89. The van der Waals surface area contributed by atoms with Gasteiger partial charge in [-0.15, -0.1) is 11.3 Å². The molecule has 0 aliphatic rings. The van der Waals surface area contributed by atoms with Crippen molar-refractivity contribution in [2.45, 2.75) is 6.10 Å². The maximum absolute atomic E-state index is 11.8. The highest BCUT2D eigenvalue weighted by Crippen LogP contribution is 2.22. The molecule has 0 saturated carbocycles. The maximum Gasteiger partial charge on any atom is 0.313 e. The molecule has 6 nitrogen and oxygen atoms in total. The summed E-state index contributed by atoms with van der Waals surface area (Å²) in [5.41, 5.74) is 0.406. The van der Waals surface area contributed by atoms with Crippen LogP contribution in [-0.2, 0) is 9.59 Å². The first-order valence-electron chi connectivity index (χ1n) is 6.55. The van der Waals surface area contributed by atoms with E-state index in [1.807, 2.05) is 5.38 Å². The van der Waals surface area contributed by atoms with Crippen LogP contribution in [0.5, 0.6) is 5.75 Å². The van der Waals surface area contributed by atoms with Gasteiger partial charge in [0, 0.05) is 11.4 Å². The summed E-state index contributed by atoms with van der Waals surface area (Å²) in [4.78, 5) is 24.3. The minimum atomic E-state index is -0.831. The molecule has 3 N–H and O–H groups in total. The number of amides is 2. The van der Waals surface area contributed by atoms with Crippen molar-refractivity contribution >= 4 is 28.8 Å². The van der Waals surface area contributed by atoms with E-state index >= 15 is 0 Å². The molecule has 116 valence electrons. The summed E-state index contributed by atoms with van der Waals surface area (Å²) in [5, 5.41) is 16.5. The second-order valence-electron chi connectivity index (χ2n) is 4.40. The van der Waals surface area contributed by atoms with Crippen molar-refractivity contribution in [1.82, 2.24) is 5.32 Å². The van der Waals surface area contributed by atoms with Gasteiger partial charge in [-0.25, -0.2) is 0 Å². The number of para-hydroxylation sites is 2. The smallest absolute Gasteiger partial charge is 0.313 e. The molecule has 1 aromatic carbocycles. The first-order chi connectivity index (χ1) is 10.6. The van der Waals surface area contributed by atoms with Gasteiger partial charge in [-0.3, -0.25) is 9.59 Å². The Balaban J connectivity index is 1.88. The van der Waals surface area contributed by atoms with E-state index < -0.39 is 17.9 Å². The molecule has 0 aliphatic carbocycles. The van der Waals surface area contributed by atoms with E-state index in [9.17, 15) is 14.7 Å². The number of hydrogen-bond donors (Lipinski definition) is 3. The van der Waals surface area contributed by atoms with E-state index in [1.165, 1.54) is 18.4 Å². The van der Waals surface area contributed by atoms with Gasteiger partial charge in [0.1, 0.15) is 11.9 Å². The van der Waals surface area contributed by atoms with Crippen LogP contribution in [-0.4, -0.2) is 30.6 Å². The predicted molar refractivity (Wildman–Crippen MR) is 83.9 cm³/mol. The van der Waals surface area contributed by atoms with Gasteiger partial charge in [0.05, 0.1) is 12.8 Å². The Morgan fingerprint density at radius 3 is 2.68 bits per heavy atom. The molecule has 0 bridgehead atoms. The molecule has 1 heterocycles. The number of ether oxygens (including phenoxy) is 1. The van der Waals surface area contributed by atoms with Crippen molar-refractivity contribution in [2.75, 3.05) is 19.0 Å². The Morgan fingerprint density at radius 2 is 2.00 bits per heavy atom. The van der Waals surface area contributed by atoms with Crippen LogP contribution in [0.2, 0.25) is 0 Å². The molecule has 0 spiro atoms. The number of aliphatic hydroxyl groups is 1. The lowest BCUT2D eigenvalue weighted by Gasteiger charge is -2.11. The number of benzene rings is 1. The van der Waals surface area contributed by atoms with Crippen molar-refractivity contribution in [3.8, 4) is 5.75 Å². The number of hydrogen-bond acceptors (Lipinski definition) is 5. The minimum Gasteiger partial charge on any atom is -0.495 e. The number of carbonyl (C=O) groups excluding carboxylic acids is 2. The summed E-state index contributed by atoms with van der Waals surface area (Å²) in [5.74, 6) is -1.17. The Hall–Kier alpha value is -2.38. The van der Waals surface area contributed by atoms with E-state index in [2.05, 4.69) is 10.6 Å². The first kappa shape index (κ1) is 16.0. The van der Waals surface area contributed by atoms with E-state index in [0.717, 1.165) is 4.88 Å². The Kier molecular flexibility index (Phi) is 5.51. The van der Waals surface area contributed by atoms with Crippen molar-refractivity contribution in [3.05, 3.63) is 46.7 Å². The molecule has 1 unspecified atom stereocenters. The molecule has 0 radical (unpaired) electrons. The maximum atomic E-state index is 11.8. The van der Waals surface area contributed by atoms with Crippen LogP contribution in [0.1, 0.15) is 11.0 Å². The van der Waals surface area contributed by atoms with E-state index in [4.69, 9.17) is 4.74 Å². The summed E-state index contributed by atoms with van der Waals surface area (Å²) >= 11 is 1.38. The molecular weight excluding hydrogens is 304 g/mol. The highest BCUT2D eigenvalue weighted by atomic mass is 32.1. The molecule has 0 saturated heterocycles. The number of methoxy groups -OCH3 is 1. The van der Waals surface area contributed by atoms with Crippen LogP contribution in [0.15, 0.2) is 41.8 Å². The number of thiophene rings is 1. The second kappa shape index (κ2) is 7.58. The standard InChI is InChI=1S/C15H16N2O4S/c1-21-12-6-3-2-5-10(12)17-15(20)14(19)16-9-11(18)13-7-4-8-22-13/h2-8,11,18H,9H2,1H3,(H,16,19)(H,17,20). The summed E-state index contributed by atoms with van der Waals surface area (Å²) in [6, 6.07) is 10.3. The summed E-state index contributed by atoms with van der Waals surface area (Å²) in [6.45, 7) is -0.0291. The molecule has 1 aromatic heterocycles. The Bertz CT molecular complexity index is 643. The van der Waals surface area contributed by atoms with Crippen molar-refractivity contribution in [3.63, 3.8) is 0 Å². The molecular formula is C15H16N2O4S. The molecule has 2 rings (SSSR count). The molecule has 0 fully saturated rings. The largest absolute Gasteiger partial charge is 0.495 e. The lowest BCUT2D eigenvalue weighted by Crippen LogP contribution is -2.37. The molecule has 22 heavy (non-hydrogen) atoms. The molecule has 7 heteroatoms. The van der Waals surface area contributed by atoms with E-state index in [0.29, 0.717) is 11.4 Å². The number of aliphatic hydroxyl groups excluding tert-OH is 1. The molecule has 1 atom stereocenters. The van der Waals surface area contributed by atoms with Crippen LogP contribution in [0, 0.1) is 0 Å². The average Bonchev–Trinajstić information content (AvgIpc) is 3.07. The van der Waals surface area contributed by atoms with Crippen LogP contribution in [0.3, 0.4) is 0 Å². The number of nitrogens with one attached hydrogen (secondary N) is 2. The van der Waals surface area contributed by atoms with Gasteiger partial charge in [-0.1, -0.05) is 18.2 Å².